The van der Waals surface area contributed by atoms with Crippen LogP contribution in [0.3, 0.4) is 0 Å². The normalized spacial score (nSPS) is 17.1. The second kappa shape index (κ2) is 37.5. The van der Waals surface area contributed by atoms with Gasteiger partial charge < -0.3 is 33.7 Å². The Labute approximate surface area is 656 Å². The van der Waals surface area contributed by atoms with Crippen molar-refractivity contribution in [3.05, 3.63) is 212 Å². The number of allylic oxidation sites excluding steroid dienone is 3. The minimum atomic E-state index is -3.32. The van der Waals surface area contributed by atoms with Gasteiger partial charge in [0.1, 0.15) is 31.3 Å². The molecule has 2 saturated carbocycles. The number of fused-ring (bicyclic) bond motifs is 2. The van der Waals surface area contributed by atoms with Crippen LogP contribution in [-0.2, 0) is 55.9 Å². The fraction of sp³-hybridized carbons (Fsp3) is 0.425. The molecule has 0 spiro atoms. The van der Waals surface area contributed by atoms with Crippen molar-refractivity contribution in [2.24, 2.45) is 0 Å². The van der Waals surface area contributed by atoms with E-state index in [0.29, 0.717) is 124 Å². The lowest BCUT2D eigenvalue weighted by molar-refractivity contribution is -0.385. The molecule has 3 aliphatic heterocycles. The predicted octanol–water partition coefficient (Wildman–Crippen LogP) is 16.7. The van der Waals surface area contributed by atoms with Crippen LogP contribution in [0.1, 0.15) is 183 Å². The zero-order chi connectivity index (χ0) is 79.1. The standard InChI is InChI=1S/C44H53N5O7S.C43H50N4O7S/c1-4-6-9-14-41(50)34-17-21-38-40(29-34)48(30-42(51)45-23-7-5-2)44(43(38)32-12-10-8-11-13-32)33-15-19-37(20-16-33)56-31-35-28-36(49(52)53)18-22-39(35)46-24-26-47(27-25-46)57(3,54)55;1-55(52,53)45-25-23-44(24-26-45)39-22-18-35(47(50)51)27-34(39)30-54-37-19-15-32(16-20-37)43-42(31-11-7-6-8-12-31)38-21-17-33-28-40(38)46(43)29-36(48)13-9-4-2-3-5-10-14-41(33)49/h4-5,15-22,28-29,32H,1-2,6-14,23-27,30-31H2,3H3,(H,45,51);2-3,15-22,27-28,31H,4-14,23-26,29-30H2,1H3/b;3-2-. The number of ketones is 3. The fourth-order valence-electron chi connectivity index (χ4n) is 16.6. The number of benzene rings is 6. The molecule has 1 N–H and O–H groups in total. The van der Waals surface area contributed by atoms with Crippen LogP contribution < -0.4 is 24.6 Å². The monoisotopic (exact) mass is 1560 g/mol. The summed E-state index contributed by atoms with van der Waals surface area (Å²) in [5.74, 6) is 2.00. The number of aromatic nitrogens is 2. The Morgan fingerprint density at radius 2 is 1.04 bits per heavy atom. The number of carbonyl (C=O) groups excluding carboxylic acids is 4. The van der Waals surface area contributed by atoms with Gasteiger partial charge in [0.2, 0.25) is 26.0 Å². The van der Waals surface area contributed by atoms with E-state index in [4.69, 9.17) is 9.47 Å². The first-order chi connectivity index (χ1) is 54.0. The highest BCUT2D eigenvalue weighted by atomic mass is 32.2. The lowest BCUT2D eigenvalue weighted by Gasteiger charge is -2.35. The summed E-state index contributed by atoms with van der Waals surface area (Å²) in [5.41, 5.74) is 12.1. The van der Waals surface area contributed by atoms with Crippen molar-refractivity contribution < 1.29 is 55.3 Å². The number of non-ortho nitro benzene ring substituents is 2. The maximum absolute atomic E-state index is 13.6. The van der Waals surface area contributed by atoms with E-state index in [1.54, 1.807) is 18.2 Å². The number of ether oxygens (including phenoxy) is 2. The van der Waals surface area contributed by atoms with Gasteiger partial charge in [0.25, 0.3) is 11.4 Å². The van der Waals surface area contributed by atoms with Gasteiger partial charge in [-0.1, -0.05) is 87.1 Å². The second-order valence-electron chi connectivity index (χ2n) is 30.1. The number of hydrogen-bond donors (Lipinski definition) is 1. The number of nitrogens with zero attached hydrogens (tertiary/aromatic N) is 8. The number of carbonyl (C=O) groups is 4. The van der Waals surface area contributed by atoms with Crippen LogP contribution >= 0.6 is 0 Å². The van der Waals surface area contributed by atoms with Crippen molar-refractivity contribution in [2.45, 2.75) is 167 Å². The summed E-state index contributed by atoms with van der Waals surface area (Å²) in [7, 11) is -6.63. The molecular weight excluding hydrogens is 1460 g/mol. The number of sulfonamides is 2. The lowest BCUT2D eigenvalue weighted by atomic mass is 9.81. The molecule has 592 valence electrons. The summed E-state index contributed by atoms with van der Waals surface area (Å²) >= 11 is 0. The number of rotatable bonds is 26. The molecule has 0 radical (unpaired) electrons. The molecule has 2 aromatic heterocycles. The first kappa shape index (κ1) is 81.4. The third-order valence-corrected chi connectivity index (χ3v) is 25.1. The Kier molecular flexibility index (Phi) is 27.3. The first-order valence-electron chi connectivity index (χ1n) is 39.5. The molecule has 4 fully saturated rings. The largest absolute Gasteiger partial charge is 0.489 e. The molecule has 8 aromatic rings. The predicted molar refractivity (Wildman–Crippen MR) is 441 cm³/mol. The summed E-state index contributed by atoms with van der Waals surface area (Å²) in [6.07, 6.45) is 28.2. The molecule has 2 saturated heterocycles. The molecule has 5 aliphatic rings. The number of anilines is 2. The van der Waals surface area contributed by atoms with E-state index in [1.165, 1.54) is 69.4 Å². The number of piperazine rings is 2. The molecule has 25 heteroatoms. The minimum Gasteiger partial charge on any atom is -0.489 e. The van der Waals surface area contributed by atoms with Crippen LogP contribution in [0.15, 0.2) is 159 Å². The maximum Gasteiger partial charge on any atom is 0.269 e. The summed E-state index contributed by atoms with van der Waals surface area (Å²) in [6.45, 7) is 11.6. The Morgan fingerprint density at radius 3 is 1.54 bits per heavy atom. The molecule has 2 bridgehead atoms. The topological polar surface area (TPSA) is 276 Å². The number of hydrogen-bond acceptors (Lipinski definition) is 16. The van der Waals surface area contributed by atoms with E-state index in [-0.39, 0.29) is 66.9 Å². The smallest absolute Gasteiger partial charge is 0.269 e. The van der Waals surface area contributed by atoms with Crippen molar-refractivity contribution in [1.82, 2.24) is 23.1 Å². The molecule has 2 aliphatic carbocycles. The van der Waals surface area contributed by atoms with E-state index in [0.717, 1.165) is 146 Å². The third kappa shape index (κ3) is 20.0. The van der Waals surface area contributed by atoms with Gasteiger partial charge in [0.15, 0.2) is 17.3 Å². The van der Waals surface area contributed by atoms with Crippen LogP contribution in [-0.4, -0.2) is 139 Å². The Bertz CT molecular complexity index is 5040. The number of nitro benzene ring substituents is 2. The molecule has 13 rings (SSSR count). The van der Waals surface area contributed by atoms with Gasteiger partial charge in [0.05, 0.1) is 40.3 Å². The number of amides is 1. The number of nitrogens with one attached hydrogen (secondary N) is 1. The van der Waals surface area contributed by atoms with E-state index in [9.17, 15) is 56.2 Å². The van der Waals surface area contributed by atoms with Crippen LogP contribution in [0.2, 0.25) is 0 Å². The molecule has 6 aromatic carbocycles. The lowest BCUT2D eigenvalue weighted by Crippen LogP contribution is -2.48. The molecule has 5 heterocycles. The van der Waals surface area contributed by atoms with Gasteiger partial charge in [0, 0.05) is 158 Å². The Hall–Kier alpha value is -10.1. The molecule has 1 amide bonds. The molecule has 0 unspecified atom stereocenters. The van der Waals surface area contributed by atoms with Gasteiger partial charge in [-0.15, -0.1) is 13.2 Å². The summed E-state index contributed by atoms with van der Waals surface area (Å²) < 4.78 is 68.1. The Balaban J connectivity index is 0.000000208. The second-order valence-corrected chi connectivity index (χ2v) is 34.1. The highest BCUT2D eigenvalue weighted by Gasteiger charge is 2.33. The van der Waals surface area contributed by atoms with Gasteiger partial charge >= 0.3 is 0 Å². The van der Waals surface area contributed by atoms with E-state index in [1.807, 2.05) is 88.7 Å². The van der Waals surface area contributed by atoms with E-state index < -0.39 is 29.9 Å². The van der Waals surface area contributed by atoms with Crippen LogP contribution in [0, 0.1) is 20.2 Å². The molecule has 112 heavy (non-hydrogen) atoms. The number of unbranched alkanes of at least 4 members (excludes halogenated alkanes) is 1. The van der Waals surface area contributed by atoms with Crippen LogP contribution in [0.5, 0.6) is 11.5 Å². The number of nitro groups is 2. The van der Waals surface area contributed by atoms with Gasteiger partial charge in [-0.25, -0.2) is 16.8 Å². The summed E-state index contributed by atoms with van der Waals surface area (Å²) in [5, 5.41) is 28.6. The van der Waals surface area contributed by atoms with E-state index in [2.05, 4.69) is 51.9 Å². The van der Waals surface area contributed by atoms with Crippen molar-refractivity contribution in [3.63, 3.8) is 0 Å². The van der Waals surface area contributed by atoms with Crippen molar-refractivity contribution >= 4 is 87.9 Å². The third-order valence-electron chi connectivity index (χ3n) is 22.5. The SMILES string of the molecule is C=CCCCC(=O)c1ccc2c(C3CCCCC3)c(-c3ccc(OCc4cc([N+](=O)[O-])ccc4N4CCN(S(C)(=O)=O)CC4)cc3)n(CC(=O)NCCC=C)c2c1.CS(=O)(=O)N1CCN(c2ccc([N+](=O)[O-])cc2COc2ccc(-c3c(C4CCCCC4)c4ccc5cc4n3CC(=O)CCC/C=C\CCCC5=O)cc2)CC1. The van der Waals surface area contributed by atoms with Gasteiger partial charge in [-0.05, 0) is 178 Å². The molecule has 23 nitrogen and oxygen atoms in total. The van der Waals surface area contributed by atoms with E-state index >= 15 is 0 Å². The van der Waals surface area contributed by atoms with Crippen LogP contribution in [0.25, 0.3) is 44.3 Å². The highest BCUT2D eigenvalue weighted by Crippen LogP contribution is 2.47. The fourth-order valence-corrected chi connectivity index (χ4v) is 18.3. The molecule has 0 atom stereocenters. The van der Waals surface area contributed by atoms with Crippen molar-refractivity contribution in [1.29, 1.82) is 0 Å². The van der Waals surface area contributed by atoms with Crippen LogP contribution in [0.4, 0.5) is 22.7 Å². The number of Topliss-reactive ketones (excluding diaryl/α,β-unsaturated/α-hetero) is 3. The Morgan fingerprint density at radius 1 is 0.554 bits per heavy atom. The van der Waals surface area contributed by atoms with Crippen molar-refractivity contribution in [2.75, 3.05) is 81.2 Å². The van der Waals surface area contributed by atoms with Gasteiger partial charge in [-0.2, -0.15) is 8.61 Å². The van der Waals surface area contributed by atoms with Crippen molar-refractivity contribution in [3.8, 4) is 34.0 Å². The zero-order valence-electron chi connectivity index (χ0n) is 64.4. The average Bonchev–Trinajstić information content (AvgIpc) is 1.59. The quantitative estimate of drug-likeness (QED) is 0.0173. The summed E-state index contributed by atoms with van der Waals surface area (Å²) in [6, 6.07) is 37.0. The highest BCUT2D eigenvalue weighted by molar-refractivity contribution is 7.88. The zero-order valence-corrected chi connectivity index (χ0v) is 66.0. The average molecular weight is 1560 g/mol. The van der Waals surface area contributed by atoms with Gasteiger partial charge in [-0.3, -0.25) is 39.4 Å². The minimum absolute atomic E-state index is 0.0425. The first-order valence-corrected chi connectivity index (χ1v) is 43.2. The maximum atomic E-state index is 13.6. The summed E-state index contributed by atoms with van der Waals surface area (Å²) in [4.78, 5) is 80.5. The molecular formula is C87H103N9O14S2.